The van der Waals surface area contributed by atoms with Gasteiger partial charge in [-0.1, -0.05) is 6.07 Å². The zero-order valence-electron chi connectivity index (χ0n) is 14.9. The number of anilines is 1. The van der Waals surface area contributed by atoms with Gasteiger partial charge in [0.25, 0.3) is 11.7 Å². The first-order chi connectivity index (χ1) is 13.1. The Hall–Kier alpha value is -3.49. The number of amides is 1. The van der Waals surface area contributed by atoms with Gasteiger partial charge in [0, 0.05) is 30.1 Å². The summed E-state index contributed by atoms with van der Waals surface area (Å²) in [6.45, 7) is 1.72. The van der Waals surface area contributed by atoms with Gasteiger partial charge in [-0.3, -0.25) is 14.3 Å². The number of Topliss-reactive ketones (excluding diaryl/α,β-unsaturated/α-hetero) is 1. The van der Waals surface area contributed by atoms with E-state index in [0.29, 0.717) is 11.3 Å². The van der Waals surface area contributed by atoms with Gasteiger partial charge in [0.15, 0.2) is 0 Å². The molecule has 9 heteroatoms. The highest BCUT2D eigenvalue weighted by Crippen LogP contribution is 2.23. The molecule has 144 valence electrons. The molecule has 2 aromatic heterocycles. The van der Waals surface area contributed by atoms with Crippen molar-refractivity contribution in [2.24, 2.45) is 7.05 Å². The van der Waals surface area contributed by atoms with Crippen LogP contribution in [0.3, 0.4) is 0 Å². The molecule has 0 radical (unpaired) electrons. The molecule has 3 rings (SSSR count). The summed E-state index contributed by atoms with van der Waals surface area (Å²) in [7, 11) is 1.76. The maximum Gasteiger partial charge on any atom is 0.454 e. The number of carbonyl (C=O) groups excluding carboxylic acids is 2. The second-order valence-corrected chi connectivity index (χ2v) is 6.12. The molecule has 1 aromatic carbocycles. The molecule has 0 saturated heterocycles. The molecule has 2 heterocycles. The Morgan fingerprint density at radius 2 is 1.75 bits per heavy atom. The molecule has 0 fully saturated rings. The van der Waals surface area contributed by atoms with Crippen LogP contribution in [0.2, 0.25) is 0 Å². The van der Waals surface area contributed by atoms with Crippen LogP contribution in [0.15, 0.2) is 48.8 Å². The lowest BCUT2D eigenvalue weighted by atomic mass is 10.1. The summed E-state index contributed by atoms with van der Waals surface area (Å²) in [6.07, 6.45) is -1.57. The second kappa shape index (κ2) is 7.26. The molecule has 0 unspecified atom stereocenters. The number of carbonyl (C=O) groups is 2. The van der Waals surface area contributed by atoms with Crippen molar-refractivity contribution in [3.63, 3.8) is 0 Å². The predicted octanol–water partition coefficient (Wildman–Crippen LogP) is 3.79. The van der Waals surface area contributed by atoms with E-state index in [-0.39, 0.29) is 11.4 Å². The number of ketones is 1. The third-order valence-corrected chi connectivity index (χ3v) is 3.98. The minimum absolute atomic E-state index is 0.178. The third-order valence-electron chi connectivity index (χ3n) is 3.98. The number of benzene rings is 1. The number of nitrogens with one attached hydrogen (secondary N) is 1. The SMILES string of the molecule is Cc1ccc(-c2cnn(C)c2)nc1C(=O)Nc1ccc(C(=O)C(F)(F)F)cc1. The predicted molar refractivity (Wildman–Crippen MR) is 96.0 cm³/mol. The quantitative estimate of drug-likeness (QED) is 0.690. The summed E-state index contributed by atoms with van der Waals surface area (Å²) < 4.78 is 39.0. The highest BCUT2D eigenvalue weighted by atomic mass is 19.4. The van der Waals surface area contributed by atoms with E-state index >= 15 is 0 Å². The van der Waals surface area contributed by atoms with Crippen LogP contribution in [-0.2, 0) is 7.05 Å². The van der Waals surface area contributed by atoms with Crippen LogP contribution in [0.4, 0.5) is 18.9 Å². The van der Waals surface area contributed by atoms with Crippen LogP contribution in [-0.4, -0.2) is 32.6 Å². The molecule has 0 aliphatic heterocycles. The molecular formula is C19H15F3N4O2. The number of hydrogen-bond donors (Lipinski definition) is 1. The van der Waals surface area contributed by atoms with E-state index in [4.69, 9.17) is 0 Å². The van der Waals surface area contributed by atoms with Crippen molar-refractivity contribution in [3.8, 4) is 11.3 Å². The number of alkyl halides is 3. The van der Waals surface area contributed by atoms with Gasteiger partial charge in [-0.15, -0.1) is 0 Å². The van der Waals surface area contributed by atoms with Crippen LogP contribution in [0.1, 0.15) is 26.4 Å². The third kappa shape index (κ3) is 4.08. The van der Waals surface area contributed by atoms with Gasteiger partial charge in [0.1, 0.15) is 5.69 Å². The summed E-state index contributed by atoms with van der Waals surface area (Å²) >= 11 is 0. The zero-order valence-corrected chi connectivity index (χ0v) is 14.9. The first-order valence-corrected chi connectivity index (χ1v) is 8.15. The number of rotatable bonds is 4. The molecule has 6 nitrogen and oxygen atoms in total. The van der Waals surface area contributed by atoms with Crippen molar-refractivity contribution < 1.29 is 22.8 Å². The Kier molecular flexibility index (Phi) is 5.00. The maximum absolute atomic E-state index is 12.6. The molecular weight excluding hydrogens is 373 g/mol. The van der Waals surface area contributed by atoms with Gasteiger partial charge in [-0.25, -0.2) is 4.98 Å². The number of pyridine rings is 1. The molecule has 0 spiro atoms. The largest absolute Gasteiger partial charge is 0.454 e. The van der Waals surface area contributed by atoms with Crippen LogP contribution in [0.25, 0.3) is 11.3 Å². The molecule has 3 aromatic rings. The number of aromatic nitrogens is 3. The molecule has 0 aliphatic rings. The Morgan fingerprint density at radius 1 is 1.07 bits per heavy atom. The Bertz CT molecular complexity index is 1040. The van der Waals surface area contributed by atoms with Gasteiger partial charge in [0.05, 0.1) is 11.9 Å². The highest BCUT2D eigenvalue weighted by molar-refractivity contribution is 6.05. The fraction of sp³-hybridized carbons (Fsp3) is 0.158. The normalized spacial score (nSPS) is 11.3. The molecule has 0 atom stereocenters. The van der Waals surface area contributed by atoms with Crippen molar-refractivity contribution in [3.05, 3.63) is 65.6 Å². The van der Waals surface area contributed by atoms with E-state index in [0.717, 1.165) is 17.7 Å². The minimum Gasteiger partial charge on any atom is -0.321 e. The molecule has 0 aliphatic carbocycles. The molecule has 0 bridgehead atoms. The lowest BCUT2D eigenvalue weighted by molar-refractivity contribution is -0.0885. The fourth-order valence-corrected chi connectivity index (χ4v) is 2.53. The van der Waals surface area contributed by atoms with Gasteiger partial charge >= 0.3 is 6.18 Å². The van der Waals surface area contributed by atoms with Crippen molar-refractivity contribution >= 4 is 17.4 Å². The molecule has 1 N–H and O–H groups in total. The van der Waals surface area contributed by atoms with Gasteiger partial charge in [-0.05, 0) is 42.8 Å². The van der Waals surface area contributed by atoms with E-state index in [9.17, 15) is 22.8 Å². The van der Waals surface area contributed by atoms with Crippen molar-refractivity contribution in [2.45, 2.75) is 13.1 Å². The summed E-state index contributed by atoms with van der Waals surface area (Å²) in [5.41, 5.74) is 1.86. The lowest BCUT2D eigenvalue weighted by Gasteiger charge is -2.10. The van der Waals surface area contributed by atoms with E-state index in [1.165, 1.54) is 12.1 Å². The average molecular weight is 388 g/mol. The summed E-state index contributed by atoms with van der Waals surface area (Å²) in [5, 5.41) is 6.64. The van der Waals surface area contributed by atoms with Crippen LogP contribution < -0.4 is 5.32 Å². The Labute approximate surface area is 158 Å². The molecule has 28 heavy (non-hydrogen) atoms. The van der Waals surface area contributed by atoms with Crippen molar-refractivity contribution in [1.29, 1.82) is 0 Å². The summed E-state index contributed by atoms with van der Waals surface area (Å²) in [4.78, 5) is 28.1. The topological polar surface area (TPSA) is 76.9 Å². The smallest absolute Gasteiger partial charge is 0.321 e. The standard InChI is InChI=1S/C19H15F3N4O2/c1-11-3-8-15(13-9-23-26(2)10-13)25-16(11)18(28)24-14-6-4-12(5-7-14)17(27)19(20,21)22/h3-10H,1-2H3,(H,24,28). The monoisotopic (exact) mass is 388 g/mol. The molecule has 1 amide bonds. The van der Waals surface area contributed by atoms with Crippen LogP contribution >= 0.6 is 0 Å². The number of halogens is 3. The fourth-order valence-electron chi connectivity index (χ4n) is 2.53. The van der Waals surface area contributed by atoms with E-state index in [1.54, 1.807) is 43.2 Å². The van der Waals surface area contributed by atoms with E-state index in [2.05, 4.69) is 15.4 Å². The first kappa shape index (κ1) is 19.3. The lowest BCUT2D eigenvalue weighted by Crippen LogP contribution is -2.22. The van der Waals surface area contributed by atoms with Gasteiger partial charge in [0.2, 0.25) is 0 Å². The Balaban J connectivity index is 1.80. The second-order valence-electron chi connectivity index (χ2n) is 6.12. The van der Waals surface area contributed by atoms with Crippen LogP contribution in [0, 0.1) is 6.92 Å². The van der Waals surface area contributed by atoms with Gasteiger partial charge in [-0.2, -0.15) is 18.3 Å². The van der Waals surface area contributed by atoms with Gasteiger partial charge < -0.3 is 5.32 Å². The van der Waals surface area contributed by atoms with Crippen molar-refractivity contribution in [1.82, 2.24) is 14.8 Å². The van der Waals surface area contributed by atoms with Crippen LogP contribution in [0.5, 0.6) is 0 Å². The first-order valence-electron chi connectivity index (χ1n) is 8.15. The highest BCUT2D eigenvalue weighted by Gasteiger charge is 2.39. The van der Waals surface area contributed by atoms with Crippen molar-refractivity contribution in [2.75, 3.05) is 5.32 Å². The maximum atomic E-state index is 12.6. The summed E-state index contributed by atoms with van der Waals surface area (Å²) in [5.74, 6) is -2.45. The molecule has 0 saturated carbocycles. The Morgan fingerprint density at radius 3 is 2.32 bits per heavy atom. The van der Waals surface area contributed by atoms with E-state index < -0.39 is 23.4 Å². The number of nitrogens with zero attached hydrogens (tertiary/aromatic N) is 3. The average Bonchev–Trinajstić information content (AvgIpc) is 3.07. The number of hydrogen-bond acceptors (Lipinski definition) is 4. The van der Waals surface area contributed by atoms with E-state index in [1.807, 2.05) is 0 Å². The summed E-state index contributed by atoms with van der Waals surface area (Å²) in [6, 6.07) is 8.00. The minimum atomic E-state index is -4.95. The zero-order chi connectivity index (χ0) is 20.5. The number of aryl methyl sites for hydroxylation is 2.